The molecule has 10 nitrogen and oxygen atoms in total. The molecular formula is C17H20N8O2. The van der Waals surface area contributed by atoms with Crippen molar-refractivity contribution in [3.8, 4) is 0 Å². The van der Waals surface area contributed by atoms with Gasteiger partial charge in [0.2, 0.25) is 5.65 Å². The van der Waals surface area contributed by atoms with Crippen molar-refractivity contribution in [3.05, 3.63) is 40.1 Å². The summed E-state index contributed by atoms with van der Waals surface area (Å²) < 4.78 is 3.57. The molecule has 2 aliphatic heterocycles. The number of imidazole rings is 1. The number of anilines is 1. The molecule has 5 rings (SSSR count). The Hall–Kier alpha value is -3.04. The highest BCUT2D eigenvalue weighted by atomic mass is 16.6. The van der Waals surface area contributed by atoms with Crippen molar-refractivity contribution in [2.24, 2.45) is 0 Å². The van der Waals surface area contributed by atoms with Crippen LogP contribution in [0.5, 0.6) is 0 Å². The molecule has 5 heterocycles. The van der Waals surface area contributed by atoms with Crippen molar-refractivity contribution in [2.75, 3.05) is 11.4 Å². The van der Waals surface area contributed by atoms with E-state index in [4.69, 9.17) is 0 Å². The summed E-state index contributed by atoms with van der Waals surface area (Å²) in [5, 5.41) is 24.7. The molecule has 0 aromatic carbocycles. The van der Waals surface area contributed by atoms with Gasteiger partial charge < -0.3 is 19.6 Å². The van der Waals surface area contributed by atoms with E-state index in [1.807, 2.05) is 6.07 Å². The van der Waals surface area contributed by atoms with E-state index >= 15 is 0 Å². The second kappa shape index (κ2) is 6.29. The number of nitrogens with zero attached hydrogens (tertiary/aromatic N) is 8. The number of hydrogen-bond acceptors (Lipinski definition) is 7. The lowest BCUT2D eigenvalue weighted by Crippen LogP contribution is -2.27. The first-order chi connectivity index (χ1) is 13.2. The minimum absolute atomic E-state index is 0.0943. The Morgan fingerprint density at radius 1 is 1.11 bits per heavy atom. The summed E-state index contributed by atoms with van der Waals surface area (Å²) >= 11 is 0. The SMILES string of the molecule is O=[N+]([O-])c1cnc2ccc(N3CCCC3c3nnc4n3CCCCC4)nn12. The lowest BCUT2D eigenvalue weighted by atomic mass is 10.2. The van der Waals surface area contributed by atoms with Crippen molar-refractivity contribution in [3.63, 3.8) is 0 Å². The topological polar surface area (TPSA) is 107 Å². The van der Waals surface area contributed by atoms with Crippen LogP contribution in [0.4, 0.5) is 11.6 Å². The molecule has 0 spiro atoms. The molecule has 10 heteroatoms. The zero-order valence-corrected chi connectivity index (χ0v) is 14.9. The second-order valence-electron chi connectivity index (χ2n) is 7.12. The number of nitro groups is 1. The number of fused-ring (bicyclic) bond motifs is 2. The molecule has 0 aliphatic carbocycles. The number of hydrogen-bond donors (Lipinski definition) is 0. The maximum atomic E-state index is 11.2. The number of rotatable bonds is 3. The fourth-order valence-corrected chi connectivity index (χ4v) is 4.19. The second-order valence-corrected chi connectivity index (χ2v) is 7.12. The van der Waals surface area contributed by atoms with Crippen LogP contribution in [0.1, 0.15) is 49.8 Å². The molecule has 1 atom stereocenters. The largest absolute Gasteiger partial charge is 0.368 e. The Bertz CT molecular complexity index is 1010. The predicted octanol–water partition coefficient (Wildman–Crippen LogP) is 2.30. The van der Waals surface area contributed by atoms with Gasteiger partial charge in [-0.25, -0.2) is 4.98 Å². The van der Waals surface area contributed by atoms with E-state index in [-0.39, 0.29) is 11.9 Å². The first-order valence-electron chi connectivity index (χ1n) is 9.40. The van der Waals surface area contributed by atoms with Gasteiger partial charge >= 0.3 is 5.82 Å². The van der Waals surface area contributed by atoms with Gasteiger partial charge in [0.05, 0.1) is 6.04 Å². The van der Waals surface area contributed by atoms with E-state index in [9.17, 15) is 10.1 Å². The summed E-state index contributed by atoms with van der Waals surface area (Å²) in [4.78, 5) is 17.0. The van der Waals surface area contributed by atoms with Crippen LogP contribution in [0.25, 0.3) is 5.65 Å². The van der Waals surface area contributed by atoms with E-state index < -0.39 is 4.92 Å². The van der Waals surface area contributed by atoms with E-state index in [0.29, 0.717) is 11.5 Å². The van der Waals surface area contributed by atoms with Gasteiger partial charge in [-0.15, -0.1) is 10.2 Å². The van der Waals surface area contributed by atoms with E-state index in [1.165, 1.54) is 17.1 Å². The van der Waals surface area contributed by atoms with E-state index in [2.05, 4.69) is 29.7 Å². The van der Waals surface area contributed by atoms with Crippen molar-refractivity contribution in [2.45, 2.75) is 51.1 Å². The van der Waals surface area contributed by atoms with Gasteiger partial charge in [-0.05, 0) is 36.7 Å². The lowest BCUT2D eigenvalue weighted by molar-refractivity contribution is -0.391. The maximum Gasteiger partial charge on any atom is 0.368 e. The quantitative estimate of drug-likeness (QED) is 0.515. The molecule has 27 heavy (non-hydrogen) atoms. The van der Waals surface area contributed by atoms with Crippen LogP contribution < -0.4 is 4.90 Å². The lowest BCUT2D eigenvalue weighted by Gasteiger charge is -2.24. The summed E-state index contributed by atoms with van der Waals surface area (Å²) in [5.41, 5.74) is 0.470. The van der Waals surface area contributed by atoms with Crippen LogP contribution in [0, 0.1) is 10.1 Å². The fraction of sp³-hybridized carbons (Fsp3) is 0.529. The highest BCUT2D eigenvalue weighted by molar-refractivity contribution is 5.50. The third kappa shape index (κ3) is 2.63. The third-order valence-electron chi connectivity index (χ3n) is 5.50. The van der Waals surface area contributed by atoms with E-state index in [1.54, 1.807) is 6.07 Å². The van der Waals surface area contributed by atoms with Crippen LogP contribution in [-0.2, 0) is 13.0 Å². The van der Waals surface area contributed by atoms with Gasteiger partial charge in [-0.3, -0.25) is 0 Å². The summed E-state index contributed by atoms with van der Waals surface area (Å²) in [6.45, 7) is 1.80. The molecule has 1 unspecified atom stereocenters. The minimum Gasteiger partial charge on any atom is -0.358 e. The summed E-state index contributed by atoms with van der Waals surface area (Å²) in [6.07, 6.45) is 7.75. The summed E-state index contributed by atoms with van der Waals surface area (Å²) in [5.74, 6) is 2.64. The Labute approximate surface area is 155 Å². The molecule has 0 saturated carbocycles. The first-order valence-corrected chi connectivity index (χ1v) is 9.40. The minimum atomic E-state index is -0.462. The van der Waals surface area contributed by atoms with E-state index in [0.717, 1.165) is 56.8 Å². The van der Waals surface area contributed by atoms with Crippen molar-refractivity contribution in [1.82, 2.24) is 29.4 Å². The smallest absolute Gasteiger partial charge is 0.358 e. The molecule has 0 N–H and O–H groups in total. The van der Waals surface area contributed by atoms with Gasteiger partial charge in [-0.2, -0.15) is 0 Å². The normalized spacial score (nSPS) is 20.0. The number of aromatic nitrogens is 6. The van der Waals surface area contributed by atoms with Crippen molar-refractivity contribution in [1.29, 1.82) is 0 Å². The maximum absolute atomic E-state index is 11.2. The average Bonchev–Trinajstić information content (AvgIpc) is 3.35. The Balaban J connectivity index is 1.53. The fourth-order valence-electron chi connectivity index (χ4n) is 4.19. The molecule has 0 amide bonds. The molecule has 0 radical (unpaired) electrons. The molecule has 2 aliphatic rings. The van der Waals surface area contributed by atoms with Gasteiger partial charge in [0.25, 0.3) is 0 Å². The Morgan fingerprint density at radius 3 is 2.93 bits per heavy atom. The highest BCUT2D eigenvalue weighted by Gasteiger charge is 2.33. The molecule has 1 saturated heterocycles. The molecule has 0 bridgehead atoms. The molecule has 3 aromatic heterocycles. The van der Waals surface area contributed by atoms with Crippen molar-refractivity contribution < 1.29 is 4.92 Å². The number of aryl methyl sites for hydroxylation is 1. The monoisotopic (exact) mass is 368 g/mol. The van der Waals surface area contributed by atoms with Gasteiger partial charge in [0, 0.05) is 25.6 Å². The first kappa shape index (κ1) is 16.2. The van der Waals surface area contributed by atoms with Gasteiger partial charge in [0.1, 0.15) is 12.0 Å². The molecular weight excluding hydrogens is 348 g/mol. The van der Waals surface area contributed by atoms with Gasteiger partial charge in [0.15, 0.2) is 11.6 Å². The van der Waals surface area contributed by atoms with Crippen LogP contribution in [0.15, 0.2) is 18.3 Å². The van der Waals surface area contributed by atoms with Crippen LogP contribution in [0.3, 0.4) is 0 Å². The van der Waals surface area contributed by atoms with Crippen LogP contribution in [-0.4, -0.2) is 40.8 Å². The van der Waals surface area contributed by atoms with Gasteiger partial charge in [-0.1, -0.05) is 16.0 Å². The average molecular weight is 368 g/mol. The van der Waals surface area contributed by atoms with Crippen LogP contribution >= 0.6 is 0 Å². The molecule has 3 aromatic rings. The summed E-state index contributed by atoms with van der Waals surface area (Å²) in [6, 6.07) is 3.75. The standard InChI is InChI=1S/C17H20N8O2/c26-25(27)16-11-18-13-7-8-15(21-24(13)16)22-10-4-5-12(22)17-20-19-14-6-2-1-3-9-23(14)17/h7-8,11-12H,1-6,9-10H2. The Kier molecular flexibility index (Phi) is 3.76. The highest BCUT2D eigenvalue weighted by Crippen LogP contribution is 2.35. The zero-order valence-electron chi connectivity index (χ0n) is 14.9. The molecule has 1 fully saturated rings. The third-order valence-corrected chi connectivity index (χ3v) is 5.50. The van der Waals surface area contributed by atoms with Crippen LogP contribution in [0.2, 0.25) is 0 Å². The summed E-state index contributed by atoms with van der Waals surface area (Å²) in [7, 11) is 0. The molecule has 140 valence electrons. The Morgan fingerprint density at radius 2 is 2.04 bits per heavy atom. The zero-order chi connectivity index (χ0) is 18.4. The predicted molar refractivity (Wildman–Crippen MR) is 96.5 cm³/mol. The van der Waals surface area contributed by atoms with Crippen molar-refractivity contribution >= 4 is 17.3 Å².